The number of halogens is 1. The molecule has 0 radical (unpaired) electrons. The Balaban J connectivity index is 2.15. The van der Waals surface area contributed by atoms with Crippen LogP contribution in [0.4, 0.5) is 0 Å². The van der Waals surface area contributed by atoms with E-state index in [9.17, 15) is 5.11 Å². The third kappa shape index (κ3) is 2.24. The second-order valence-electron chi connectivity index (χ2n) is 4.71. The molecule has 1 aliphatic carbocycles. The Bertz CT molecular complexity index is 376. The number of nitrogens with two attached hydrogens (primary N) is 1. The van der Waals surface area contributed by atoms with Gasteiger partial charge in [-0.25, -0.2) is 0 Å². The van der Waals surface area contributed by atoms with Crippen molar-refractivity contribution in [3.8, 4) is 0 Å². The molecule has 1 aromatic carbocycles. The van der Waals surface area contributed by atoms with E-state index < -0.39 is 6.10 Å². The van der Waals surface area contributed by atoms with Crippen LogP contribution in [0.3, 0.4) is 0 Å². The summed E-state index contributed by atoms with van der Waals surface area (Å²) >= 11 is 5.90. The van der Waals surface area contributed by atoms with Gasteiger partial charge in [-0.3, -0.25) is 0 Å². The lowest BCUT2D eigenvalue weighted by atomic mass is 9.77. The predicted octanol–water partition coefficient (Wildman–Crippen LogP) is 2.81. The smallest absolute Gasteiger partial charge is 0.0760 e. The molecule has 2 rings (SSSR count). The maximum atomic E-state index is 10.1. The summed E-state index contributed by atoms with van der Waals surface area (Å²) in [6.45, 7) is 1.98. The zero-order valence-electron chi connectivity index (χ0n) is 9.49. The van der Waals surface area contributed by atoms with E-state index in [0.29, 0.717) is 10.9 Å². The molecule has 0 saturated heterocycles. The zero-order valence-corrected chi connectivity index (χ0v) is 10.2. The number of rotatable bonds is 3. The minimum absolute atomic E-state index is 0.289. The van der Waals surface area contributed by atoms with Crippen LogP contribution in [0.2, 0.25) is 5.02 Å². The molecule has 1 saturated carbocycles. The highest BCUT2D eigenvalue weighted by Crippen LogP contribution is 2.35. The van der Waals surface area contributed by atoms with E-state index in [2.05, 4.69) is 0 Å². The van der Waals surface area contributed by atoms with Gasteiger partial charge in [0, 0.05) is 5.02 Å². The van der Waals surface area contributed by atoms with Gasteiger partial charge >= 0.3 is 0 Å². The third-order valence-electron chi connectivity index (χ3n) is 3.59. The Labute approximate surface area is 101 Å². The summed E-state index contributed by atoms with van der Waals surface area (Å²) in [4.78, 5) is 0. The highest BCUT2D eigenvalue weighted by Gasteiger charge is 2.31. The van der Waals surface area contributed by atoms with Crippen LogP contribution in [0, 0.1) is 12.8 Å². The van der Waals surface area contributed by atoms with Gasteiger partial charge in [0.1, 0.15) is 0 Å². The summed E-state index contributed by atoms with van der Waals surface area (Å²) < 4.78 is 0. The topological polar surface area (TPSA) is 46.2 Å². The Morgan fingerprint density at radius 1 is 1.44 bits per heavy atom. The van der Waals surface area contributed by atoms with Gasteiger partial charge in [-0.05, 0) is 48.9 Å². The van der Waals surface area contributed by atoms with Crippen LogP contribution in [0.5, 0.6) is 0 Å². The van der Waals surface area contributed by atoms with Gasteiger partial charge in [0.15, 0.2) is 0 Å². The highest BCUT2D eigenvalue weighted by atomic mass is 35.5. The van der Waals surface area contributed by atoms with Crippen LogP contribution >= 0.6 is 11.6 Å². The van der Waals surface area contributed by atoms with Gasteiger partial charge in [-0.1, -0.05) is 24.1 Å². The van der Waals surface area contributed by atoms with Crippen molar-refractivity contribution in [2.24, 2.45) is 11.7 Å². The number of hydrogen-bond acceptors (Lipinski definition) is 2. The summed E-state index contributed by atoms with van der Waals surface area (Å²) in [6.07, 6.45) is 2.99. The van der Waals surface area contributed by atoms with Gasteiger partial charge < -0.3 is 10.8 Å². The number of aliphatic hydroxyl groups is 1. The van der Waals surface area contributed by atoms with Gasteiger partial charge in [-0.15, -0.1) is 0 Å². The first-order chi connectivity index (χ1) is 7.59. The molecule has 3 heteroatoms. The second-order valence-corrected chi connectivity index (χ2v) is 5.14. The molecule has 0 spiro atoms. The van der Waals surface area contributed by atoms with Crippen LogP contribution in [0.15, 0.2) is 18.2 Å². The van der Waals surface area contributed by atoms with Crippen molar-refractivity contribution in [3.63, 3.8) is 0 Å². The molecule has 1 aromatic rings. The number of aliphatic hydroxyl groups excluding tert-OH is 1. The second kappa shape index (κ2) is 4.74. The molecule has 88 valence electrons. The minimum atomic E-state index is -0.423. The van der Waals surface area contributed by atoms with Gasteiger partial charge in [0.2, 0.25) is 0 Å². The quantitative estimate of drug-likeness (QED) is 0.852. The number of benzene rings is 1. The maximum Gasteiger partial charge on any atom is 0.0760 e. The molecular weight excluding hydrogens is 222 g/mol. The fourth-order valence-electron chi connectivity index (χ4n) is 2.27. The fraction of sp³-hybridized carbons (Fsp3) is 0.538. The van der Waals surface area contributed by atoms with E-state index in [-0.39, 0.29) is 6.04 Å². The molecule has 2 atom stereocenters. The number of aryl methyl sites for hydroxylation is 1. The summed E-state index contributed by atoms with van der Waals surface area (Å²) in [5.74, 6) is 0.380. The van der Waals surface area contributed by atoms with Crippen LogP contribution in [0.25, 0.3) is 0 Å². The Morgan fingerprint density at radius 3 is 2.62 bits per heavy atom. The number of hydrogen-bond donors (Lipinski definition) is 2. The summed E-state index contributed by atoms with van der Waals surface area (Å²) in [5.41, 5.74) is 8.16. The SMILES string of the molecule is Cc1cc(Cl)ccc1[C@@H](N)[C@@H](O)C1CCC1. The molecule has 16 heavy (non-hydrogen) atoms. The van der Waals surface area contributed by atoms with Gasteiger partial charge in [-0.2, -0.15) is 0 Å². The lowest BCUT2D eigenvalue weighted by Crippen LogP contribution is -2.36. The molecule has 0 unspecified atom stereocenters. The van der Waals surface area contributed by atoms with Crippen LogP contribution in [-0.4, -0.2) is 11.2 Å². The first-order valence-corrected chi connectivity index (χ1v) is 6.17. The van der Waals surface area contributed by atoms with Crippen LogP contribution in [0.1, 0.15) is 36.4 Å². The van der Waals surface area contributed by atoms with Crippen molar-refractivity contribution in [1.29, 1.82) is 0 Å². The normalized spacial score (nSPS) is 20.2. The Morgan fingerprint density at radius 2 is 2.12 bits per heavy atom. The molecule has 0 aromatic heterocycles. The Hall–Kier alpha value is -0.570. The molecule has 2 nitrogen and oxygen atoms in total. The van der Waals surface area contributed by atoms with E-state index >= 15 is 0 Å². The van der Waals surface area contributed by atoms with Gasteiger partial charge in [0.25, 0.3) is 0 Å². The van der Waals surface area contributed by atoms with E-state index in [1.54, 1.807) is 0 Å². The summed E-state index contributed by atoms with van der Waals surface area (Å²) in [6, 6.07) is 5.36. The molecule has 0 amide bonds. The van der Waals surface area contributed by atoms with Crippen LogP contribution < -0.4 is 5.73 Å². The lowest BCUT2D eigenvalue weighted by molar-refractivity contribution is 0.0412. The summed E-state index contributed by atoms with van der Waals surface area (Å²) in [5, 5.41) is 10.8. The standard InChI is InChI=1S/C13H18ClNO/c1-8-7-10(14)5-6-11(8)12(15)13(16)9-3-2-4-9/h5-7,9,12-13,16H,2-4,15H2,1H3/t12-,13+/m1/s1. The third-order valence-corrected chi connectivity index (χ3v) is 3.83. The van der Waals surface area contributed by atoms with E-state index in [1.165, 1.54) is 6.42 Å². The van der Waals surface area contributed by atoms with Crippen molar-refractivity contribution >= 4 is 11.6 Å². The van der Waals surface area contributed by atoms with Crippen molar-refractivity contribution in [1.82, 2.24) is 0 Å². The molecular formula is C13H18ClNO. The maximum absolute atomic E-state index is 10.1. The van der Waals surface area contributed by atoms with E-state index in [1.807, 2.05) is 25.1 Å². The fourth-order valence-corrected chi connectivity index (χ4v) is 2.50. The van der Waals surface area contributed by atoms with Gasteiger partial charge in [0.05, 0.1) is 12.1 Å². The lowest BCUT2D eigenvalue weighted by Gasteiger charge is -2.34. The molecule has 1 fully saturated rings. The molecule has 3 N–H and O–H groups in total. The van der Waals surface area contributed by atoms with Crippen molar-refractivity contribution in [2.45, 2.75) is 38.3 Å². The first kappa shape index (κ1) is 11.9. The average molecular weight is 240 g/mol. The molecule has 1 aliphatic rings. The first-order valence-electron chi connectivity index (χ1n) is 5.79. The molecule has 0 aliphatic heterocycles. The monoisotopic (exact) mass is 239 g/mol. The zero-order chi connectivity index (χ0) is 11.7. The highest BCUT2D eigenvalue weighted by molar-refractivity contribution is 6.30. The van der Waals surface area contributed by atoms with E-state index in [4.69, 9.17) is 17.3 Å². The van der Waals surface area contributed by atoms with Crippen molar-refractivity contribution < 1.29 is 5.11 Å². The Kier molecular flexibility index (Phi) is 3.53. The molecule has 0 bridgehead atoms. The average Bonchev–Trinajstić information content (AvgIpc) is 2.14. The largest absolute Gasteiger partial charge is 0.391 e. The van der Waals surface area contributed by atoms with Crippen molar-refractivity contribution in [3.05, 3.63) is 34.3 Å². The summed E-state index contributed by atoms with van der Waals surface area (Å²) in [7, 11) is 0. The van der Waals surface area contributed by atoms with E-state index in [0.717, 1.165) is 24.0 Å². The predicted molar refractivity (Wildman–Crippen MR) is 66.5 cm³/mol. The molecule has 0 heterocycles. The minimum Gasteiger partial charge on any atom is -0.391 e. The van der Waals surface area contributed by atoms with Crippen LogP contribution in [-0.2, 0) is 0 Å². The van der Waals surface area contributed by atoms with Crippen molar-refractivity contribution in [2.75, 3.05) is 0 Å².